The number of aliphatic hydroxyl groups excluding tert-OH is 1. The Morgan fingerprint density at radius 1 is 1.30 bits per heavy atom. The van der Waals surface area contributed by atoms with Crippen molar-refractivity contribution in [3.8, 4) is 11.5 Å². The molecule has 5 nitrogen and oxygen atoms in total. The number of rotatable bonds is 4. The largest absolute Gasteiger partial charge is 0.450 e. The maximum Gasteiger partial charge on any atom is 0.312 e. The molecule has 0 radical (unpaired) electrons. The number of halogens is 2. The van der Waals surface area contributed by atoms with Crippen LogP contribution in [0.3, 0.4) is 0 Å². The lowest BCUT2D eigenvalue weighted by Gasteiger charge is -2.08. The van der Waals surface area contributed by atoms with Crippen LogP contribution in [-0.2, 0) is 6.61 Å². The first kappa shape index (κ1) is 14.4. The molecule has 0 atom stereocenters. The molecule has 7 heteroatoms. The molecule has 0 saturated heterocycles. The fourth-order valence-corrected chi connectivity index (χ4v) is 1.97. The Kier molecular flexibility index (Phi) is 4.31. The lowest BCUT2D eigenvalue weighted by Crippen LogP contribution is -1.95. The molecule has 2 aromatic carbocycles. The molecule has 0 aliphatic carbocycles. The molecule has 0 aromatic heterocycles. The Hall–Kier alpha value is -1.99. The first-order valence-electron chi connectivity index (χ1n) is 5.51. The standard InChI is InChI=1S/C13H9BrFNO4/c14-9-1-2-13(12(5-9)16(18)19)20-11-4-8(7-17)3-10(15)6-11/h1-6,17H,7H2. The van der Waals surface area contributed by atoms with E-state index in [0.29, 0.717) is 10.0 Å². The van der Waals surface area contributed by atoms with Crippen molar-refractivity contribution < 1.29 is 19.2 Å². The molecule has 0 heterocycles. The highest BCUT2D eigenvalue weighted by molar-refractivity contribution is 9.10. The van der Waals surface area contributed by atoms with Gasteiger partial charge in [-0.3, -0.25) is 10.1 Å². The van der Waals surface area contributed by atoms with Gasteiger partial charge in [-0.2, -0.15) is 0 Å². The van der Waals surface area contributed by atoms with Gasteiger partial charge in [0, 0.05) is 16.6 Å². The van der Waals surface area contributed by atoms with Gasteiger partial charge in [-0.25, -0.2) is 4.39 Å². The Bertz CT molecular complexity index is 663. The number of nitro benzene ring substituents is 1. The second-order valence-corrected chi connectivity index (χ2v) is 4.84. The average Bonchev–Trinajstić information content (AvgIpc) is 2.40. The van der Waals surface area contributed by atoms with Crippen molar-refractivity contribution in [2.75, 3.05) is 0 Å². The highest BCUT2D eigenvalue weighted by Gasteiger charge is 2.16. The van der Waals surface area contributed by atoms with Crippen LogP contribution in [0.4, 0.5) is 10.1 Å². The van der Waals surface area contributed by atoms with Gasteiger partial charge in [-0.1, -0.05) is 15.9 Å². The minimum absolute atomic E-state index is 0.00677. The van der Waals surface area contributed by atoms with E-state index in [9.17, 15) is 14.5 Å². The van der Waals surface area contributed by atoms with Crippen molar-refractivity contribution in [3.63, 3.8) is 0 Å². The Balaban J connectivity index is 2.39. The average molecular weight is 342 g/mol. The van der Waals surface area contributed by atoms with E-state index in [2.05, 4.69) is 15.9 Å². The number of hydrogen-bond acceptors (Lipinski definition) is 4. The van der Waals surface area contributed by atoms with E-state index in [1.807, 2.05) is 0 Å². The fourth-order valence-electron chi connectivity index (χ4n) is 1.62. The summed E-state index contributed by atoms with van der Waals surface area (Å²) >= 11 is 3.13. The van der Waals surface area contributed by atoms with Crippen LogP contribution in [0, 0.1) is 15.9 Å². The van der Waals surface area contributed by atoms with E-state index in [0.717, 1.165) is 12.1 Å². The highest BCUT2D eigenvalue weighted by Crippen LogP contribution is 2.34. The zero-order chi connectivity index (χ0) is 14.7. The summed E-state index contributed by atoms with van der Waals surface area (Å²) in [6, 6.07) is 7.94. The van der Waals surface area contributed by atoms with Gasteiger partial charge in [0.15, 0.2) is 0 Å². The maximum absolute atomic E-state index is 13.3. The SMILES string of the molecule is O=[N+]([O-])c1cc(Br)ccc1Oc1cc(F)cc(CO)c1. The molecule has 0 fully saturated rings. The van der Waals surface area contributed by atoms with E-state index < -0.39 is 10.7 Å². The van der Waals surface area contributed by atoms with Gasteiger partial charge in [0.05, 0.1) is 11.5 Å². The topological polar surface area (TPSA) is 72.6 Å². The second-order valence-electron chi connectivity index (χ2n) is 3.92. The summed E-state index contributed by atoms with van der Waals surface area (Å²) in [7, 11) is 0. The van der Waals surface area contributed by atoms with Gasteiger partial charge in [0.25, 0.3) is 0 Å². The van der Waals surface area contributed by atoms with Gasteiger partial charge in [0.2, 0.25) is 5.75 Å². The molecular formula is C13H9BrFNO4. The smallest absolute Gasteiger partial charge is 0.312 e. The molecule has 0 amide bonds. The summed E-state index contributed by atoms with van der Waals surface area (Å²) in [5.74, 6) is -0.515. The number of nitrogens with zero attached hydrogens (tertiary/aromatic N) is 1. The lowest BCUT2D eigenvalue weighted by molar-refractivity contribution is -0.385. The third-order valence-electron chi connectivity index (χ3n) is 2.46. The predicted octanol–water partition coefficient (Wildman–Crippen LogP) is 3.78. The fraction of sp³-hybridized carbons (Fsp3) is 0.0769. The normalized spacial score (nSPS) is 10.3. The van der Waals surface area contributed by atoms with E-state index in [-0.39, 0.29) is 23.8 Å². The minimum atomic E-state index is -0.591. The Labute approximate surface area is 121 Å². The van der Waals surface area contributed by atoms with Gasteiger partial charge < -0.3 is 9.84 Å². The molecule has 2 aromatic rings. The van der Waals surface area contributed by atoms with Gasteiger partial charge >= 0.3 is 5.69 Å². The molecule has 1 N–H and O–H groups in total. The second kappa shape index (κ2) is 5.98. The minimum Gasteiger partial charge on any atom is -0.450 e. The number of benzene rings is 2. The lowest BCUT2D eigenvalue weighted by atomic mass is 10.2. The third kappa shape index (κ3) is 3.31. The molecule has 0 unspecified atom stereocenters. The number of aliphatic hydroxyl groups is 1. The zero-order valence-electron chi connectivity index (χ0n) is 10.0. The highest BCUT2D eigenvalue weighted by atomic mass is 79.9. The maximum atomic E-state index is 13.3. The van der Waals surface area contributed by atoms with Crippen molar-refractivity contribution in [2.45, 2.75) is 6.61 Å². The zero-order valence-corrected chi connectivity index (χ0v) is 11.6. The summed E-state index contributed by atoms with van der Waals surface area (Å²) < 4.78 is 19.2. The van der Waals surface area contributed by atoms with Gasteiger partial charge in [-0.15, -0.1) is 0 Å². The monoisotopic (exact) mass is 341 g/mol. The van der Waals surface area contributed by atoms with Crippen molar-refractivity contribution >= 4 is 21.6 Å². The molecule has 0 spiro atoms. The quantitative estimate of drug-likeness (QED) is 0.678. The number of nitro groups is 1. The molecule has 0 saturated carbocycles. The summed E-state index contributed by atoms with van der Waals surface area (Å²) in [5.41, 5.74) is 0.0777. The van der Waals surface area contributed by atoms with Crippen molar-refractivity contribution in [1.82, 2.24) is 0 Å². The van der Waals surface area contributed by atoms with E-state index in [1.165, 1.54) is 18.2 Å². The first-order valence-corrected chi connectivity index (χ1v) is 6.31. The van der Waals surface area contributed by atoms with Crippen molar-refractivity contribution in [2.24, 2.45) is 0 Å². The molecule has 0 aliphatic rings. The molecule has 0 bridgehead atoms. The Morgan fingerprint density at radius 3 is 2.70 bits per heavy atom. The van der Waals surface area contributed by atoms with Crippen LogP contribution in [0.25, 0.3) is 0 Å². The van der Waals surface area contributed by atoms with Crippen LogP contribution in [0.1, 0.15) is 5.56 Å². The predicted molar refractivity (Wildman–Crippen MR) is 73.2 cm³/mol. The van der Waals surface area contributed by atoms with Crippen LogP contribution in [0.15, 0.2) is 40.9 Å². The van der Waals surface area contributed by atoms with E-state index in [1.54, 1.807) is 6.07 Å². The molecule has 2 rings (SSSR count). The molecular weight excluding hydrogens is 333 g/mol. The molecule has 20 heavy (non-hydrogen) atoms. The number of hydrogen-bond donors (Lipinski definition) is 1. The van der Waals surface area contributed by atoms with Crippen LogP contribution in [0.2, 0.25) is 0 Å². The van der Waals surface area contributed by atoms with Crippen LogP contribution < -0.4 is 4.74 Å². The van der Waals surface area contributed by atoms with Crippen molar-refractivity contribution in [1.29, 1.82) is 0 Å². The van der Waals surface area contributed by atoms with E-state index >= 15 is 0 Å². The van der Waals surface area contributed by atoms with Crippen LogP contribution in [0.5, 0.6) is 11.5 Å². The number of ether oxygens (including phenoxy) is 1. The van der Waals surface area contributed by atoms with Crippen LogP contribution in [-0.4, -0.2) is 10.0 Å². The van der Waals surface area contributed by atoms with Gasteiger partial charge in [0.1, 0.15) is 11.6 Å². The first-order chi connectivity index (χ1) is 9.49. The van der Waals surface area contributed by atoms with Gasteiger partial charge in [-0.05, 0) is 29.8 Å². The molecule has 0 aliphatic heterocycles. The third-order valence-corrected chi connectivity index (χ3v) is 2.95. The van der Waals surface area contributed by atoms with Crippen LogP contribution >= 0.6 is 15.9 Å². The summed E-state index contributed by atoms with van der Waals surface area (Å²) in [6.45, 7) is -0.351. The van der Waals surface area contributed by atoms with Crippen molar-refractivity contribution in [3.05, 3.63) is 62.4 Å². The molecule has 104 valence electrons. The van der Waals surface area contributed by atoms with E-state index in [4.69, 9.17) is 9.84 Å². The summed E-state index contributed by atoms with van der Waals surface area (Å²) in [6.07, 6.45) is 0. The Morgan fingerprint density at radius 2 is 2.05 bits per heavy atom. The summed E-state index contributed by atoms with van der Waals surface area (Å²) in [4.78, 5) is 10.4. The summed E-state index contributed by atoms with van der Waals surface area (Å²) in [5, 5.41) is 19.9.